The van der Waals surface area contributed by atoms with Crippen molar-refractivity contribution in [2.75, 3.05) is 4.90 Å². The summed E-state index contributed by atoms with van der Waals surface area (Å²) < 4.78 is 10.3. The highest BCUT2D eigenvalue weighted by Gasteiger charge is 2.64. The first kappa shape index (κ1) is 47.3. The number of aromatic nitrogens is 4. The Hall–Kier alpha value is -9.32. The third kappa shape index (κ3) is 6.02. The van der Waals surface area contributed by atoms with Crippen molar-refractivity contribution in [3.05, 3.63) is 280 Å². The molecule has 5 nitrogen and oxygen atoms in total. The topological polar surface area (TPSA) is 18.8 Å². The lowest BCUT2D eigenvalue weighted by Gasteiger charge is -2.38. The highest BCUT2D eigenvalue weighted by atomic mass is 15.3. The van der Waals surface area contributed by atoms with E-state index >= 15 is 0 Å². The van der Waals surface area contributed by atoms with Crippen LogP contribution in [-0.2, 0) is 34.6 Å². The van der Waals surface area contributed by atoms with Gasteiger partial charge in [-0.05, 0) is 152 Å². The normalized spacial score (nSPS) is 19.1. The van der Waals surface area contributed by atoms with Gasteiger partial charge in [0.1, 0.15) is 28.0 Å². The number of allylic oxidation sites excluding steroid dienone is 1. The van der Waals surface area contributed by atoms with E-state index in [1.165, 1.54) is 146 Å². The van der Waals surface area contributed by atoms with Gasteiger partial charge in [-0.15, -0.1) is 0 Å². The number of hydrogen-bond acceptors (Lipinski definition) is 1. The highest BCUT2D eigenvalue weighted by Crippen LogP contribution is 2.65. The molecule has 0 N–H and O–H groups in total. The molecule has 9 heterocycles. The molecule has 0 amide bonds. The van der Waals surface area contributed by atoms with E-state index in [0.717, 1.165) is 18.8 Å². The van der Waals surface area contributed by atoms with E-state index in [2.05, 4.69) is 296 Å². The van der Waals surface area contributed by atoms with E-state index in [1.54, 1.807) is 0 Å². The van der Waals surface area contributed by atoms with Crippen LogP contribution in [0.2, 0.25) is 0 Å². The van der Waals surface area contributed by atoms with Crippen molar-refractivity contribution in [1.29, 1.82) is 0 Å². The largest absolute Gasteiger partial charge is 0.292 e. The molecule has 2 aliphatic carbocycles. The number of nitrogens with zero attached hydrogens (tertiary/aromatic N) is 5. The van der Waals surface area contributed by atoms with E-state index in [1.807, 2.05) is 0 Å². The number of benzene rings is 7. The molecular formula is C78H63N5+4. The molecule has 0 bridgehead atoms. The van der Waals surface area contributed by atoms with E-state index in [0.29, 0.717) is 0 Å². The van der Waals surface area contributed by atoms with Gasteiger partial charge < -0.3 is 0 Å². The summed E-state index contributed by atoms with van der Waals surface area (Å²) in [6.45, 7) is 17.5. The average molecular weight is 1070 g/mol. The molecule has 3 atom stereocenters. The molecular weight excluding hydrogens is 1010 g/mol. The van der Waals surface area contributed by atoms with Crippen LogP contribution in [0.3, 0.4) is 0 Å². The van der Waals surface area contributed by atoms with Crippen molar-refractivity contribution in [1.82, 2.24) is 0 Å². The first-order valence-electron chi connectivity index (χ1n) is 29.9. The maximum atomic E-state index is 2.61. The van der Waals surface area contributed by atoms with Crippen molar-refractivity contribution >= 4 is 28.6 Å². The van der Waals surface area contributed by atoms with Crippen LogP contribution in [0.25, 0.3) is 78.7 Å². The van der Waals surface area contributed by atoms with Gasteiger partial charge >= 0.3 is 0 Å². The zero-order valence-electron chi connectivity index (χ0n) is 48.1. The fraction of sp³-hybridized carbons (Fsp3) is 0.179. The number of rotatable bonds is 2. The number of hydrogen-bond donors (Lipinski definition) is 0. The Morgan fingerprint density at radius 3 is 1.98 bits per heavy atom. The minimum absolute atomic E-state index is 0.0549. The maximum Gasteiger partial charge on any atom is 0.292 e. The second-order valence-electron chi connectivity index (χ2n) is 26.8. The van der Waals surface area contributed by atoms with E-state index in [9.17, 15) is 0 Å². The Kier molecular flexibility index (Phi) is 9.14. The zero-order chi connectivity index (χ0) is 55.6. The molecule has 18 rings (SSSR count). The monoisotopic (exact) mass is 1070 g/mol. The molecule has 0 saturated heterocycles. The molecule has 11 aromatic rings. The van der Waals surface area contributed by atoms with Gasteiger partial charge in [0.2, 0.25) is 23.1 Å². The van der Waals surface area contributed by atoms with Gasteiger partial charge in [-0.25, -0.2) is 0 Å². The summed E-state index contributed by atoms with van der Waals surface area (Å²) in [6, 6.07) is 80.1. The van der Waals surface area contributed by atoms with E-state index in [-0.39, 0.29) is 22.3 Å². The molecule has 5 heteroatoms. The van der Waals surface area contributed by atoms with E-state index in [4.69, 9.17) is 0 Å². The molecule has 5 aliphatic heterocycles. The highest BCUT2D eigenvalue weighted by molar-refractivity contribution is 6.00. The van der Waals surface area contributed by atoms with Crippen LogP contribution in [0.15, 0.2) is 225 Å². The van der Waals surface area contributed by atoms with Gasteiger partial charge in [0, 0.05) is 59.5 Å². The molecule has 1 spiro atoms. The van der Waals surface area contributed by atoms with Gasteiger partial charge in [0.25, 0.3) is 11.5 Å². The van der Waals surface area contributed by atoms with Gasteiger partial charge in [-0.2, -0.15) is 23.2 Å². The van der Waals surface area contributed by atoms with Crippen LogP contribution < -0.4 is 23.2 Å². The van der Waals surface area contributed by atoms with Crippen LogP contribution in [-0.4, -0.2) is 0 Å². The van der Waals surface area contributed by atoms with Crippen molar-refractivity contribution in [2.24, 2.45) is 0 Å². The lowest BCUT2D eigenvalue weighted by molar-refractivity contribution is -0.740. The molecule has 2 unspecified atom stereocenters. The number of fused-ring (bicyclic) bond motifs is 18. The number of pyridine rings is 4. The fourth-order valence-corrected chi connectivity index (χ4v) is 16.7. The van der Waals surface area contributed by atoms with Crippen molar-refractivity contribution in [2.45, 2.75) is 89.1 Å². The van der Waals surface area contributed by atoms with Crippen molar-refractivity contribution in [3.8, 4) is 67.3 Å². The Morgan fingerprint density at radius 1 is 0.494 bits per heavy atom. The van der Waals surface area contributed by atoms with Gasteiger partial charge in [0.05, 0.1) is 22.1 Å². The van der Waals surface area contributed by atoms with Gasteiger partial charge in [-0.1, -0.05) is 139 Å². The molecule has 83 heavy (non-hydrogen) atoms. The van der Waals surface area contributed by atoms with Crippen LogP contribution in [0.1, 0.15) is 110 Å². The van der Waals surface area contributed by atoms with Crippen LogP contribution in [0.4, 0.5) is 17.2 Å². The van der Waals surface area contributed by atoms with Crippen molar-refractivity contribution < 1.29 is 18.3 Å². The Bertz CT molecular complexity index is 4780. The first-order chi connectivity index (χ1) is 40.3. The molecule has 7 aromatic carbocycles. The summed E-state index contributed by atoms with van der Waals surface area (Å²) in [5.74, 6) is 1.15. The third-order valence-electron chi connectivity index (χ3n) is 20.3. The lowest BCUT2D eigenvalue weighted by Crippen LogP contribution is -2.58. The zero-order valence-corrected chi connectivity index (χ0v) is 48.1. The van der Waals surface area contributed by atoms with Gasteiger partial charge in [0.15, 0.2) is 30.8 Å². The second-order valence-corrected chi connectivity index (χ2v) is 26.8. The summed E-state index contributed by atoms with van der Waals surface area (Å²) in [7, 11) is 0. The summed E-state index contributed by atoms with van der Waals surface area (Å²) in [4.78, 5) is 2.58. The summed E-state index contributed by atoms with van der Waals surface area (Å²) in [5, 5.41) is 0. The van der Waals surface area contributed by atoms with E-state index < -0.39 is 5.41 Å². The number of anilines is 3. The van der Waals surface area contributed by atoms with Crippen LogP contribution in [0, 0.1) is 0 Å². The minimum Gasteiger partial charge on any atom is -0.197 e. The molecule has 4 aromatic heterocycles. The standard InChI is InChI=1S/C78H63N5/c1-75(2,3)50-42-51(76(4,5)6)44-52(43-50)82-67-32-18-24-56-65-37-35-49(45-81(65)73(71(56)67)68-41-48-20-8-9-21-53(48)66-31-19-33-69(82)83(66)68)47-34-36-60-58(40-47)54-22-10-11-26-59(54)78(60)61-27-16-23-55-64-30-13-15-39-80(64)74(70(55)61)77(7)46-79-38-14-12-29-63(79)57-25-17-28-62(78)72(57)77/h8-40,42-45,74H,41,46H2,1-7H3/q+4/t74?,77-,78?/m0/s1. The molecule has 0 saturated carbocycles. The summed E-state index contributed by atoms with van der Waals surface area (Å²) in [5.41, 5.74) is 32.9. The summed E-state index contributed by atoms with van der Waals surface area (Å²) >= 11 is 0. The smallest absolute Gasteiger partial charge is 0.197 e. The predicted molar refractivity (Wildman–Crippen MR) is 331 cm³/mol. The molecule has 7 aliphatic rings. The SMILES string of the molecule is CC(C)(C)c1cc(N2c3cccc4c3C(=C3Cc5ccccc5-c5cccc2[n+]53)[n+]2cc(-c3ccc5c(c3)-c3ccccc3C53c5cccc6c5C([n+]5ccccc5-6)[C@@]5(C)C[n+]6ccccc6-c6cccc3c65)ccc2-4)cc(C(C)(C)C)c1. The predicted octanol–water partition coefficient (Wildman–Crippen LogP) is 15.8. The average Bonchev–Trinajstić information content (AvgIpc) is 1.55. The summed E-state index contributed by atoms with van der Waals surface area (Å²) in [6.07, 6.45) is 7.90. The molecule has 0 radical (unpaired) electrons. The van der Waals surface area contributed by atoms with Crippen LogP contribution in [0.5, 0.6) is 0 Å². The quantitative estimate of drug-likeness (QED) is 0.158. The lowest BCUT2D eigenvalue weighted by atomic mass is 9.63. The molecule has 396 valence electrons. The first-order valence-corrected chi connectivity index (χ1v) is 29.9. The Balaban J connectivity index is 0.871. The Labute approximate surface area is 486 Å². The second kappa shape index (κ2) is 16.0. The fourth-order valence-electron chi connectivity index (χ4n) is 16.7. The molecule has 0 fully saturated rings. The van der Waals surface area contributed by atoms with Gasteiger partial charge in [-0.3, -0.25) is 0 Å². The maximum absolute atomic E-state index is 2.61. The van der Waals surface area contributed by atoms with Crippen molar-refractivity contribution in [3.63, 3.8) is 0 Å². The van der Waals surface area contributed by atoms with Crippen LogP contribution >= 0.6 is 0 Å². The Morgan fingerprint density at radius 2 is 1.14 bits per heavy atom. The third-order valence-corrected chi connectivity index (χ3v) is 20.3. The minimum atomic E-state index is -0.584.